The zero-order valence-corrected chi connectivity index (χ0v) is 15.2. The molecule has 0 spiro atoms. The van der Waals surface area contributed by atoms with Crippen molar-refractivity contribution in [3.05, 3.63) is 41.3 Å². The number of hydrogen-bond donors (Lipinski definition) is 1. The molecule has 0 unspecified atom stereocenters. The number of nitrogens with zero attached hydrogens (tertiary/aromatic N) is 2. The third kappa shape index (κ3) is 6.95. The van der Waals surface area contributed by atoms with Crippen molar-refractivity contribution in [2.45, 2.75) is 0 Å². The average molecular weight is 367 g/mol. The fourth-order valence-corrected chi connectivity index (χ4v) is 3.19. The van der Waals surface area contributed by atoms with Crippen LogP contribution in [0.4, 0.5) is 0 Å². The largest absolute Gasteiger partial charge is 0.379 e. The standard InChI is InChI=1S/C17H25N3O4S/c1-19(25(22,23)14-7-16-5-3-2-4-6-16)15-17(21)18-8-9-20-10-12-24-13-11-20/h2-7,14H,8-13,15H2,1H3,(H,18,21). The maximum Gasteiger partial charge on any atom is 0.236 e. The summed E-state index contributed by atoms with van der Waals surface area (Å²) in [5.74, 6) is -0.313. The van der Waals surface area contributed by atoms with Gasteiger partial charge in [0.1, 0.15) is 0 Å². The van der Waals surface area contributed by atoms with E-state index in [1.165, 1.54) is 13.1 Å². The first-order valence-electron chi connectivity index (χ1n) is 8.24. The third-order valence-electron chi connectivity index (χ3n) is 3.89. The Labute approximate surface area is 149 Å². The van der Waals surface area contributed by atoms with Crippen LogP contribution >= 0.6 is 0 Å². The van der Waals surface area contributed by atoms with Crippen LogP contribution in [0.15, 0.2) is 35.7 Å². The first-order chi connectivity index (χ1) is 12.0. The fourth-order valence-electron chi connectivity index (χ4n) is 2.36. The summed E-state index contributed by atoms with van der Waals surface area (Å²) in [5, 5.41) is 3.87. The molecule has 7 nitrogen and oxygen atoms in total. The second kappa shape index (κ2) is 9.67. The number of hydrogen-bond acceptors (Lipinski definition) is 5. The van der Waals surface area contributed by atoms with Gasteiger partial charge in [-0.15, -0.1) is 0 Å². The molecule has 1 saturated heterocycles. The van der Waals surface area contributed by atoms with E-state index in [1.54, 1.807) is 0 Å². The summed E-state index contributed by atoms with van der Waals surface area (Å²) in [7, 11) is -2.24. The van der Waals surface area contributed by atoms with Crippen LogP contribution < -0.4 is 5.32 Å². The Morgan fingerprint density at radius 3 is 2.64 bits per heavy atom. The second-order valence-electron chi connectivity index (χ2n) is 5.82. The molecule has 1 aliphatic heterocycles. The zero-order chi connectivity index (χ0) is 18.1. The lowest BCUT2D eigenvalue weighted by Gasteiger charge is -2.26. The van der Waals surface area contributed by atoms with Gasteiger partial charge in [0.2, 0.25) is 15.9 Å². The number of carbonyl (C=O) groups excluding carboxylic acids is 1. The van der Waals surface area contributed by atoms with Gasteiger partial charge in [-0.2, -0.15) is 4.31 Å². The smallest absolute Gasteiger partial charge is 0.236 e. The SMILES string of the molecule is CN(CC(=O)NCCN1CCOCC1)S(=O)(=O)C=Cc1ccccc1. The highest BCUT2D eigenvalue weighted by atomic mass is 32.2. The molecule has 0 bridgehead atoms. The lowest BCUT2D eigenvalue weighted by molar-refractivity contribution is -0.121. The zero-order valence-electron chi connectivity index (χ0n) is 14.4. The summed E-state index contributed by atoms with van der Waals surface area (Å²) in [6.07, 6.45) is 1.52. The third-order valence-corrected chi connectivity index (χ3v) is 5.36. The Hall–Kier alpha value is -1.74. The molecule has 1 N–H and O–H groups in total. The predicted molar refractivity (Wildman–Crippen MR) is 97.3 cm³/mol. The van der Waals surface area contributed by atoms with Gasteiger partial charge in [-0.3, -0.25) is 9.69 Å². The van der Waals surface area contributed by atoms with Crippen LogP contribution in [0, 0.1) is 0 Å². The van der Waals surface area contributed by atoms with Gasteiger partial charge in [-0.1, -0.05) is 30.3 Å². The van der Waals surface area contributed by atoms with Crippen LogP contribution in [-0.4, -0.2) is 76.5 Å². The van der Waals surface area contributed by atoms with Crippen LogP contribution in [0.2, 0.25) is 0 Å². The highest BCUT2D eigenvalue weighted by molar-refractivity contribution is 7.92. The van der Waals surface area contributed by atoms with Crippen molar-refractivity contribution < 1.29 is 17.9 Å². The summed E-state index contributed by atoms with van der Waals surface area (Å²) >= 11 is 0. The molecule has 0 radical (unpaired) electrons. The quantitative estimate of drug-likeness (QED) is 0.718. The molecule has 2 rings (SSSR count). The summed E-state index contributed by atoms with van der Waals surface area (Å²) in [4.78, 5) is 14.1. The van der Waals surface area contributed by atoms with Gasteiger partial charge < -0.3 is 10.1 Å². The summed E-state index contributed by atoms with van der Waals surface area (Å²) in [6, 6.07) is 9.14. The number of nitrogens with one attached hydrogen (secondary N) is 1. The van der Waals surface area contributed by atoms with Crippen molar-refractivity contribution in [3.63, 3.8) is 0 Å². The van der Waals surface area contributed by atoms with Gasteiger partial charge in [0.05, 0.1) is 19.8 Å². The van der Waals surface area contributed by atoms with E-state index in [0.29, 0.717) is 19.8 Å². The number of amides is 1. The van der Waals surface area contributed by atoms with Crippen molar-refractivity contribution in [1.82, 2.24) is 14.5 Å². The van der Waals surface area contributed by atoms with Crippen LogP contribution in [0.3, 0.4) is 0 Å². The van der Waals surface area contributed by atoms with Gasteiger partial charge in [0, 0.05) is 38.6 Å². The molecule has 1 fully saturated rings. The Bertz CT molecular complexity index is 670. The molecule has 1 heterocycles. The number of sulfonamides is 1. The van der Waals surface area contributed by atoms with Crippen molar-refractivity contribution in [1.29, 1.82) is 0 Å². The van der Waals surface area contributed by atoms with Crippen LogP contribution in [0.1, 0.15) is 5.56 Å². The maximum absolute atomic E-state index is 12.2. The van der Waals surface area contributed by atoms with Crippen molar-refractivity contribution in [2.24, 2.45) is 0 Å². The Kier molecular flexibility index (Phi) is 7.57. The molecule has 0 aliphatic carbocycles. The van der Waals surface area contributed by atoms with Crippen molar-refractivity contribution in [3.8, 4) is 0 Å². The van der Waals surface area contributed by atoms with Gasteiger partial charge in [-0.25, -0.2) is 8.42 Å². The minimum atomic E-state index is -3.63. The molecule has 8 heteroatoms. The molecule has 0 atom stereocenters. The molecule has 0 aromatic heterocycles. The lowest BCUT2D eigenvalue weighted by Crippen LogP contribution is -2.43. The van der Waals surface area contributed by atoms with E-state index in [9.17, 15) is 13.2 Å². The molecule has 138 valence electrons. The maximum atomic E-state index is 12.2. The van der Waals surface area contributed by atoms with E-state index in [4.69, 9.17) is 4.74 Å². The summed E-state index contributed by atoms with van der Waals surface area (Å²) in [5.41, 5.74) is 0.787. The molecule has 1 aromatic rings. The van der Waals surface area contributed by atoms with Gasteiger partial charge in [0.25, 0.3) is 0 Å². The molecule has 25 heavy (non-hydrogen) atoms. The van der Waals surface area contributed by atoms with E-state index in [0.717, 1.165) is 34.9 Å². The molecular weight excluding hydrogens is 342 g/mol. The topological polar surface area (TPSA) is 79.0 Å². The predicted octanol–water partition coefficient (Wildman–Crippen LogP) is 0.367. The van der Waals surface area contributed by atoms with Crippen molar-refractivity contribution in [2.75, 3.05) is 53.0 Å². The minimum Gasteiger partial charge on any atom is -0.379 e. The van der Waals surface area contributed by atoms with Gasteiger partial charge in [-0.05, 0) is 11.6 Å². The molecule has 1 aliphatic rings. The molecular formula is C17H25N3O4S. The Balaban J connectivity index is 1.76. The number of morpholine rings is 1. The minimum absolute atomic E-state index is 0.204. The van der Waals surface area contributed by atoms with E-state index >= 15 is 0 Å². The number of likely N-dealkylation sites (N-methyl/N-ethyl adjacent to an activating group) is 1. The molecule has 1 aromatic carbocycles. The number of carbonyl (C=O) groups is 1. The van der Waals surface area contributed by atoms with E-state index in [1.807, 2.05) is 30.3 Å². The Morgan fingerprint density at radius 2 is 1.96 bits per heavy atom. The van der Waals surface area contributed by atoms with Crippen LogP contribution in [0.5, 0.6) is 0 Å². The number of benzene rings is 1. The highest BCUT2D eigenvalue weighted by Gasteiger charge is 2.18. The average Bonchev–Trinajstić information content (AvgIpc) is 2.62. The summed E-state index contributed by atoms with van der Waals surface area (Å²) < 4.78 is 30.7. The van der Waals surface area contributed by atoms with Gasteiger partial charge >= 0.3 is 0 Å². The van der Waals surface area contributed by atoms with E-state index in [-0.39, 0.29) is 12.5 Å². The van der Waals surface area contributed by atoms with Crippen LogP contribution in [-0.2, 0) is 19.6 Å². The first kappa shape index (κ1) is 19.6. The number of rotatable bonds is 8. The molecule has 1 amide bonds. The van der Waals surface area contributed by atoms with Gasteiger partial charge in [0.15, 0.2) is 0 Å². The monoisotopic (exact) mass is 367 g/mol. The number of ether oxygens (including phenoxy) is 1. The summed E-state index contributed by atoms with van der Waals surface area (Å²) in [6.45, 7) is 4.16. The van der Waals surface area contributed by atoms with E-state index < -0.39 is 10.0 Å². The highest BCUT2D eigenvalue weighted by Crippen LogP contribution is 2.06. The lowest BCUT2D eigenvalue weighted by atomic mass is 10.2. The fraction of sp³-hybridized carbons (Fsp3) is 0.471. The Morgan fingerprint density at radius 1 is 1.28 bits per heavy atom. The second-order valence-corrected chi connectivity index (χ2v) is 7.74. The molecule has 0 saturated carbocycles. The normalized spacial score (nSPS) is 16.4. The van der Waals surface area contributed by atoms with Crippen LogP contribution in [0.25, 0.3) is 6.08 Å². The first-order valence-corrected chi connectivity index (χ1v) is 9.74. The van der Waals surface area contributed by atoms with Crippen molar-refractivity contribution >= 4 is 22.0 Å². The van der Waals surface area contributed by atoms with E-state index in [2.05, 4.69) is 10.2 Å².